The molecule has 4 heterocycles. The van der Waals surface area contributed by atoms with Gasteiger partial charge in [-0.25, -0.2) is 31.3 Å². The number of carbonyl (C=O) groups is 3. The predicted octanol–water partition coefficient (Wildman–Crippen LogP) is 5.90. The Morgan fingerprint density at radius 1 is 0.860 bits per heavy atom. The molecule has 3 amide bonds. The maximum atomic E-state index is 14.6. The average Bonchev–Trinajstić information content (AvgIpc) is 3.10. The Labute approximate surface area is 317 Å². The summed E-state index contributed by atoms with van der Waals surface area (Å²) in [5.41, 5.74) is -4.60. The number of hydrogen-bond donors (Lipinski definition) is 5. The third-order valence-electron chi connectivity index (χ3n) is 10.00. The minimum Gasteiger partial charge on any atom is -0.349 e. The van der Waals surface area contributed by atoms with Crippen molar-refractivity contribution in [1.82, 2.24) is 31.2 Å². The molecule has 0 aliphatic carbocycles. The fourth-order valence-electron chi connectivity index (χ4n) is 7.28. The monoisotopic (exact) mass is 808 g/mol. The number of H-pyrrole nitrogens is 1. The van der Waals surface area contributed by atoms with Crippen LogP contribution < -0.4 is 26.8 Å². The van der Waals surface area contributed by atoms with Crippen molar-refractivity contribution in [2.24, 2.45) is 5.92 Å². The van der Waals surface area contributed by atoms with Gasteiger partial charge < -0.3 is 26.3 Å². The van der Waals surface area contributed by atoms with Gasteiger partial charge in [-0.3, -0.25) is 19.2 Å². The first-order chi connectivity index (χ1) is 26.8. The maximum absolute atomic E-state index is 14.6. The molecule has 6 rings (SSSR count). The third kappa shape index (κ3) is 8.82. The Hall–Kier alpha value is -5.72. The van der Waals surface area contributed by atoms with Crippen LogP contribution in [0.25, 0.3) is 10.9 Å². The quantitative estimate of drug-likeness (QED) is 0.126. The average molecular weight is 809 g/mol. The topological polar surface area (TPSA) is 145 Å². The highest BCUT2D eigenvalue weighted by molar-refractivity contribution is 6.00. The number of aromatic amines is 1. The van der Waals surface area contributed by atoms with Gasteiger partial charge in [-0.1, -0.05) is 12.1 Å². The number of piperidine rings is 1. The number of nitrogens with zero attached hydrogens (tertiary/aromatic N) is 1. The molecule has 4 aromatic rings. The minimum absolute atomic E-state index is 0.0681. The summed E-state index contributed by atoms with van der Waals surface area (Å²) in [6.07, 6.45) is -10.0. The van der Waals surface area contributed by atoms with E-state index < -0.39 is 124 Å². The van der Waals surface area contributed by atoms with Crippen molar-refractivity contribution in [2.45, 2.75) is 69.9 Å². The summed E-state index contributed by atoms with van der Waals surface area (Å²) in [5.74, 6) is -7.44. The molecule has 5 N–H and O–H groups in total. The fourth-order valence-corrected chi connectivity index (χ4v) is 7.28. The van der Waals surface area contributed by atoms with Gasteiger partial charge in [0, 0.05) is 63.9 Å². The number of halogens is 9. The summed E-state index contributed by atoms with van der Waals surface area (Å²) in [4.78, 5) is 58.0. The van der Waals surface area contributed by atoms with Crippen molar-refractivity contribution in [3.63, 3.8) is 0 Å². The maximum Gasteiger partial charge on any atom is 0.434 e. The smallest absolute Gasteiger partial charge is 0.349 e. The van der Waals surface area contributed by atoms with E-state index in [1.807, 2.05) is 0 Å². The van der Waals surface area contributed by atoms with E-state index in [4.69, 9.17) is 0 Å². The molecule has 2 aromatic carbocycles. The lowest BCUT2D eigenvalue weighted by Gasteiger charge is -2.42. The molecule has 2 aliphatic heterocycles. The lowest BCUT2D eigenvalue weighted by molar-refractivity contribution is -0.140. The molecule has 0 radical (unpaired) electrons. The van der Waals surface area contributed by atoms with E-state index in [9.17, 15) is 58.7 Å². The van der Waals surface area contributed by atoms with Gasteiger partial charge in [0.1, 0.15) is 23.3 Å². The number of pyridine rings is 2. The number of hydrogen-bond acceptors (Lipinski definition) is 6. The number of amides is 3. The van der Waals surface area contributed by atoms with Gasteiger partial charge in [0.25, 0.3) is 12.0 Å². The molecule has 10 nitrogen and oxygen atoms in total. The number of aromatic nitrogens is 2. The summed E-state index contributed by atoms with van der Waals surface area (Å²) in [6, 6.07) is 3.30. The molecular weight excluding hydrogens is 775 g/mol. The van der Waals surface area contributed by atoms with Gasteiger partial charge in [0.05, 0.1) is 42.2 Å². The van der Waals surface area contributed by atoms with E-state index in [0.29, 0.717) is 12.1 Å². The van der Waals surface area contributed by atoms with Crippen LogP contribution in [0, 0.1) is 29.2 Å². The Morgan fingerprint density at radius 2 is 1.44 bits per heavy atom. The van der Waals surface area contributed by atoms with Crippen LogP contribution in [-0.4, -0.2) is 46.7 Å². The fraction of sp³-hybridized carbons (Fsp3) is 0.342. The zero-order valence-electron chi connectivity index (χ0n) is 29.9. The van der Waals surface area contributed by atoms with Crippen LogP contribution in [0.2, 0.25) is 0 Å². The van der Waals surface area contributed by atoms with E-state index in [0.717, 1.165) is 36.4 Å². The number of fused-ring (bicyclic) bond motifs is 2. The second-order valence-corrected chi connectivity index (χ2v) is 13.9. The standard InChI is InChI=1S/C38H33F9N6O4/c1-15(20-5-3-18(39)9-25(20)41)49-31(54)8-17-7-22-27(52-36(17)56)13-30(51-34(22)38(45,46)47)29-12-28-24(14-48-29)33(35(43)44)23(37(57)53-28)11-32(55)50-16(2)21-6-4-19(40)10-26(21)42/h3-7,9-10,13,15-16,24,28-29,35,48H,8,11-12,14H2,1-2H3,(H,49,54)(H,50,55)(H,52,56)(H,53,57)/t15-,16-,24?,28?,29?/m0/s1. The van der Waals surface area contributed by atoms with Crippen LogP contribution >= 0.6 is 0 Å². The minimum atomic E-state index is -5.09. The molecule has 2 aliphatic rings. The molecule has 302 valence electrons. The molecule has 3 unspecified atom stereocenters. The van der Waals surface area contributed by atoms with E-state index >= 15 is 0 Å². The molecule has 5 atom stereocenters. The molecular formula is C38H33F9N6O4. The molecule has 19 heteroatoms. The molecule has 0 saturated carbocycles. The molecule has 0 spiro atoms. The number of rotatable bonds is 10. The summed E-state index contributed by atoms with van der Waals surface area (Å²) in [7, 11) is 0. The van der Waals surface area contributed by atoms with Crippen LogP contribution in [0.15, 0.2) is 64.5 Å². The summed E-state index contributed by atoms with van der Waals surface area (Å²) in [6.45, 7) is 2.48. The van der Waals surface area contributed by atoms with Gasteiger partial charge in [0.2, 0.25) is 17.7 Å². The Balaban J connectivity index is 1.21. The van der Waals surface area contributed by atoms with Crippen molar-refractivity contribution >= 4 is 28.6 Å². The number of alkyl halides is 5. The van der Waals surface area contributed by atoms with Crippen LogP contribution in [0.5, 0.6) is 0 Å². The van der Waals surface area contributed by atoms with Gasteiger partial charge in [-0.05, 0) is 44.5 Å². The van der Waals surface area contributed by atoms with Crippen molar-refractivity contribution in [3.8, 4) is 0 Å². The number of benzene rings is 2. The molecule has 2 aromatic heterocycles. The van der Waals surface area contributed by atoms with Gasteiger partial charge >= 0.3 is 6.18 Å². The Morgan fingerprint density at radius 3 is 1.98 bits per heavy atom. The molecule has 1 saturated heterocycles. The highest BCUT2D eigenvalue weighted by Crippen LogP contribution is 2.39. The van der Waals surface area contributed by atoms with Gasteiger partial charge in [-0.2, -0.15) is 13.2 Å². The van der Waals surface area contributed by atoms with Crippen molar-refractivity contribution in [2.75, 3.05) is 6.54 Å². The summed E-state index contributed by atoms with van der Waals surface area (Å²) < 4.78 is 128. The highest BCUT2D eigenvalue weighted by Gasteiger charge is 2.44. The van der Waals surface area contributed by atoms with Crippen LogP contribution in [-0.2, 0) is 27.0 Å². The van der Waals surface area contributed by atoms with E-state index in [1.54, 1.807) is 0 Å². The molecule has 0 bridgehead atoms. The third-order valence-corrected chi connectivity index (χ3v) is 10.00. The van der Waals surface area contributed by atoms with E-state index in [2.05, 4.69) is 31.2 Å². The van der Waals surface area contributed by atoms with E-state index in [-0.39, 0.29) is 40.9 Å². The predicted molar refractivity (Wildman–Crippen MR) is 185 cm³/mol. The normalized spacial score (nSPS) is 19.6. The van der Waals surface area contributed by atoms with Crippen molar-refractivity contribution in [1.29, 1.82) is 0 Å². The van der Waals surface area contributed by atoms with Crippen molar-refractivity contribution in [3.05, 3.63) is 121 Å². The summed E-state index contributed by atoms with van der Waals surface area (Å²) in [5, 5.41) is 9.73. The Bertz CT molecular complexity index is 2350. The Kier molecular flexibility index (Phi) is 11.5. The lowest BCUT2D eigenvalue weighted by atomic mass is 9.77. The lowest BCUT2D eigenvalue weighted by Crippen LogP contribution is -2.56. The SMILES string of the molecule is C[C@H](NC(=O)CC1=C(C(F)F)C2CNC(c3cc4[nH]c(=O)c(CC(=O)N[C@@H](C)c5ccc(F)cc5F)cc4c(C(F)(F)F)n3)CC2NC1=O)c1ccc(F)cc1F. The van der Waals surface area contributed by atoms with Crippen LogP contribution in [0.4, 0.5) is 39.5 Å². The second-order valence-electron chi connectivity index (χ2n) is 13.9. The van der Waals surface area contributed by atoms with Gasteiger partial charge in [0.15, 0.2) is 5.69 Å². The first-order valence-corrected chi connectivity index (χ1v) is 17.5. The molecule has 57 heavy (non-hydrogen) atoms. The zero-order valence-corrected chi connectivity index (χ0v) is 29.9. The van der Waals surface area contributed by atoms with Crippen molar-refractivity contribution < 1.29 is 53.9 Å². The number of carbonyl (C=O) groups excluding carboxylic acids is 3. The van der Waals surface area contributed by atoms with Crippen LogP contribution in [0.1, 0.15) is 72.9 Å². The van der Waals surface area contributed by atoms with E-state index in [1.165, 1.54) is 13.8 Å². The largest absolute Gasteiger partial charge is 0.434 e. The first kappa shape index (κ1) is 40.9. The molecule has 1 fully saturated rings. The second kappa shape index (κ2) is 16.0. The van der Waals surface area contributed by atoms with Gasteiger partial charge in [-0.15, -0.1) is 0 Å². The number of nitrogens with one attached hydrogen (secondary N) is 5. The highest BCUT2D eigenvalue weighted by atomic mass is 19.4. The first-order valence-electron chi connectivity index (χ1n) is 17.5. The summed E-state index contributed by atoms with van der Waals surface area (Å²) >= 11 is 0. The zero-order chi connectivity index (χ0) is 41.5. The van der Waals surface area contributed by atoms with Crippen LogP contribution in [0.3, 0.4) is 0 Å².